The molecule has 6 nitrogen and oxygen atoms in total. The van der Waals surface area contributed by atoms with Crippen molar-refractivity contribution in [2.75, 3.05) is 60.6 Å². The monoisotopic (exact) mass is 336 g/mol. The van der Waals surface area contributed by atoms with Crippen molar-refractivity contribution in [2.24, 2.45) is 4.99 Å². The van der Waals surface area contributed by atoms with Gasteiger partial charge in [0.1, 0.15) is 12.4 Å². The number of hydrogen-bond donors (Lipinski definition) is 2. The maximum atomic E-state index is 5.76. The van der Waals surface area contributed by atoms with Gasteiger partial charge in [-0.3, -0.25) is 4.99 Å². The van der Waals surface area contributed by atoms with Crippen LogP contribution in [0.25, 0.3) is 0 Å². The van der Waals surface area contributed by atoms with E-state index in [4.69, 9.17) is 9.47 Å². The number of rotatable bonds is 11. The summed E-state index contributed by atoms with van der Waals surface area (Å²) in [7, 11) is 5.63. The molecule has 0 atom stereocenters. The highest BCUT2D eigenvalue weighted by atomic mass is 16.5. The Morgan fingerprint density at radius 2 is 1.88 bits per heavy atom. The molecule has 0 bridgehead atoms. The van der Waals surface area contributed by atoms with Crippen LogP contribution in [-0.2, 0) is 4.74 Å². The zero-order valence-electron chi connectivity index (χ0n) is 15.5. The number of hydrogen-bond acceptors (Lipinski definition) is 4. The van der Waals surface area contributed by atoms with E-state index >= 15 is 0 Å². The number of aryl methyl sites for hydroxylation is 1. The van der Waals surface area contributed by atoms with Crippen molar-refractivity contribution >= 4 is 5.96 Å². The molecule has 0 heterocycles. The fourth-order valence-corrected chi connectivity index (χ4v) is 2.23. The molecule has 1 aromatic rings. The average molecular weight is 336 g/mol. The lowest BCUT2D eigenvalue weighted by Crippen LogP contribution is -2.42. The topological polar surface area (TPSA) is 58.1 Å². The lowest BCUT2D eigenvalue weighted by atomic mass is 10.2. The van der Waals surface area contributed by atoms with Crippen LogP contribution in [0.3, 0.4) is 0 Å². The van der Waals surface area contributed by atoms with E-state index in [1.807, 2.05) is 31.2 Å². The number of benzene rings is 1. The first-order valence-electron chi connectivity index (χ1n) is 8.47. The van der Waals surface area contributed by atoms with Crippen LogP contribution in [0.1, 0.15) is 12.0 Å². The molecule has 0 unspecified atom stereocenters. The smallest absolute Gasteiger partial charge is 0.191 e. The maximum Gasteiger partial charge on any atom is 0.191 e. The normalized spacial score (nSPS) is 11.6. The standard InChI is InChI=1S/C18H32N4O2/c1-16-8-5-6-9-17(16)24-15-11-21-18(19-2)20-10-13-22(3)12-7-14-23-4/h5-6,8-9H,7,10-15H2,1-4H3,(H2,19,20,21). The van der Waals surface area contributed by atoms with Crippen molar-refractivity contribution in [3.8, 4) is 5.75 Å². The zero-order chi connectivity index (χ0) is 17.6. The van der Waals surface area contributed by atoms with Crippen LogP contribution in [0.2, 0.25) is 0 Å². The summed E-state index contributed by atoms with van der Waals surface area (Å²) >= 11 is 0. The number of ether oxygens (including phenoxy) is 2. The molecule has 0 aromatic heterocycles. The molecule has 0 saturated heterocycles. The van der Waals surface area contributed by atoms with E-state index < -0.39 is 0 Å². The molecule has 24 heavy (non-hydrogen) atoms. The van der Waals surface area contributed by atoms with E-state index in [9.17, 15) is 0 Å². The van der Waals surface area contributed by atoms with Gasteiger partial charge in [0.25, 0.3) is 0 Å². The molecule has 0 aliphatic heterocycles. The van der Waals surface area contributed by atoms with Gasteiger partial charge in [-0.05, 0) is 32.0 Å². The van der Waals surface area contributed by atoms with Gasteiger partial charge in [-0.15, -0.1) is 0 Å². The van der Waals surface area contributed by atoms with Gasteiger partial charge in [0.15, 0.2) is 5.96 Å². The van der Waals surface area contributed by atoms with E-state index in [0.717, 1.165) is 49.9 Å². The molecular weight excluding hydrogens is 304 g/mol. The molecule has 1 aromatic carbocycles. The molecule has 0 saturated carbocycles. The Kier molecular flexibility index (Phi) is 10.6. The summed E-state index contributed by atoms with van der Waals surface area (Å²) in [5.74, 6) is 1.73. The first kappa shape index (κ1) is 20.3. The van der Waals surface area contributed by atoms with Gasteiger partial charge >= 0.3 is 0 Å². The molecule has 1 rings (SSSR count). The lowest BCUT2D eigenvalue weighted by molar-refractivity contribution is 0.180. The number of likely N-dealkylation sites (N-methyl/N-ethyl adjacent to an activating group) is 1. The summed E-state index contributed by atoms with van der Waals surface area (Å²) in [5.41, 5.74) is 1.15. The number of methoxy groups -OCH3 is 1. The van der Waals surface area contributed by atoms with E-state index in [1.54, 1.807) is 14.2 Å². The Morgan fingerprint density at radius 1 is 1.12 bits per heavy atom. The van der Waals surface area contributed by atoms with Gasteiger partial charge in [0, 0.05) is 40.4 Å². The van der Waals surface area contributed by atoms with Gasteiger partial charge in [-0.25, -0.2) is 0 Å². The van der Waals surface area contributed by atoms with Crippen molar-refractivity contribution in [3.05, 3.63) is 29.8 Å². The number of nitrogens with zero attached hydrogens (tertiary/aromatic N) is 2. The molecule has 0 radical (unpaired) electrons. The number of guanidine groups is 1. The third-order valence-electron chi connectivity index (χ3n) is 3.64. The summed E-state index contributed by atoms with van der Waals surface area (Å²) in [6, 6.07) is 8.03. The van der Waals surface area contributed by atoms with Gasteiger partial charge in [-0.1, -0.05) is 18.2 Å². The van der Waals surface area contributed by atoms with Crippen molar-refractivity contribution in [1.82, 2.24) is 15.5 Å². The van der Waals surface area contributed by atoms with Crippen molar-refractivity contribution in [3.63, 3.8) is 0 Å². The van der Waals surface area contributed by atoms with Crippen LogP contribution in [0.15, 0.2) is 29.3 Å². The first-order valence-corrected chi connectivity index (χ1v) is 8.47. The predicted molar refractivity (Wildman–Crippen MR) is 100 cm³/mol. The Hall–Kier alpha value is -1.79. The second-order valence-corrected chi connectivity index (χ2v) is 5.69. The van der Waals surface area contributed by atoms with E-state index in [2.05, 4.69) is 27.6 Å². The summed E-state index contributed by atoms with van der Waals surface area (Å²) in [4.78, 5) is 6.50. The minimum atomic E-state index is 0.600. The number of para-hydroxylation sites is 1. The van der Waals surface area contributed by atoms with Crippen molar-refractivity contribution < 1.29 is 9.47 Å². The average Bonchev–Trinajstić information content (AvgIpc) is 2.58. The second kappa shape index (κ2) is 12.6. The Labute approximate surface area is 146 Å². The van der Waals surface area contributed by atoms with Gasteiger partial charge in [0.2, 0.25) is 0 Å². The van der Waals surface area contributed by atoms with Crippen LogP contribution in [0.5, 0.6) is 5.75 Å². The first-order chi connectivity index (χ1) is 11.7. The molecule has 0 fully saturated rings. The molecule has 0 aliphatic carbocycles. The highest BCUT2D eigenvalue weighted by Gasteiger charge is 2.01. The van der Waals surface area contributed by atoms with E-state index in [0.29, 0.717) is 13.2 Å². The molecular formula is C18H32N4O2. The van der Waals surface area contributed by atoms with Crippen molar-refractivity contribution in [1.29, 1.82) is 0 Å². The minimum Gasteiger partial charge on any atom is -0.491 e. The van der Waals surface area contributed by atoms with Gasteiger partial charge < -0.3 is 25.0 Å². The molecule has 6 heteroatoms. The van der Waals surface area contributed by atoms with Crippen LogP contribution in [-0.4, -0.2) is 71.5 Å². The molecule has 0 aliphatic rings. The molecule has 136 valence electrons. The van der Waals surface area contributed by atoms with Crippen molar-refractivity contribution in [2.45, 2.75) is 13.3 Å². The van der Waals surface area contributed by atoms with Crippen LogP contribution in [0.4, 0.5) is 0 Å². The Bertz CT molecular complexity index is 480. The van der Waals surface area contributed by atoms with Gasteiger partial charge in [0.05, 0.1) is 6.54 Å². The lowest BCUT2D eigenvalue weighted by Gasteiger charge is -2.18. The predicted octanol–water partition coefficient (Wildman–Crippen LogP) is 1.51. The summed E-state index contributed by atoms with van der Waals surface area (Å²) < 4.78 is 10.8. The van der Waals surface area contributed by atoms with E-state index in [-0.39, 0.29) is 0 Å². The molecule has 2 N–H and O–H groups in total. The number of nitrogens with one attached hydrogen (secondary N) is 2. The van der Waals surface area contributed by atoms with Gasteiger partial charge in [-0.2, -0.15) is 0 Å². The molecule has 0 spiro atoms. The minimum absolute atomic E-state index is 0.600. The third-order valence-corrected chi connectivity index (χ3v) is 3.64. The largest absolute Gasteiger partial charge is 0.491 e. The summed E-state index contributed by atoms with van der Waals surface area (Å²) in [6.07, 6.45) is 1.05. The second-order valence-electron chi connectivity index (χ2n) is 5.69. The Morgan fingerprint density at radius 3 is 2.58 bits per heavy atom. The Balaban J connectivity index is 2.13. The third kappa shape index (κ3) is 8.74. The highest BCUT2D eigenvalue weighted by Crippen LogP contribution is 2.15. The van der Waals surface area contributed by atoms with Crippen LogP contribution < -0.4 is 15.4 Å². The fraction of sp³-hybridized carbons (Fsp3) is 0.611. The van der Waals surface area contributed by atoms with E-state index in [1.165, 1.54) is 0 Å². The summed E-state index contributed by atoms with van der Waals surface area (Å²) in [5, 5.41) is 6.57. The van der Waals surface area contributed by atoms with Crippen LogP contribution in [0, 0.1) is 6.92 Å². The van der Waals surface area contributed by atoms with Crippen LogP contribution >= 0.6 is 0 Å². The highest BCUT2D eigenvalue weighted by molar-refractivity contribution is 5.79. The quantitative estimate of drug-likeness (QED) is 0.364. The maximum absolute atomic E-state index is 5.76. The SMILES string of the molecule is CN=C(NCCOc1ccccc1C)NCCN(C)CCCOC. The summed E-state index contributed by atoms with van der Waals surface area (Å²) in [6.45, 7) is 7.01. The molecule has 0 amide bonds. The zero-order valence-corrected chi connectivity index (χ0v) is 15.5. The number of aliphatic imine (C=N–C) groups is 1. The fourth-order valence-electron chi connectivity index (χ4n) is 2.23.